The van der Waals surface area contributed by atoms with Crippen LogP contribution in [0.1, 0.15) is 25.3 Å². The Morgan fingerprint density at radius 3 is 2.62 bits per heavy atom. The Morgan fingerprint density at radius 1 is 1.17 bits per heavy atom. The van der Waals surface area contributed by atoms with Gasteiger partial charge in [-0.1, -0.05) is 30.3 Å². The second kappa shape index (κ2) is 7.21. The van der Waals surface area contributed by atoms with E-state index in [1.165, 1.54) is 4.90 Å². The number of carbonyl (C=O) groups excluding carboxylic acids is 2. The number of hydrogen-bond acceptors (Lipinski definition) is 5. The molecule has 2 N–H and O–H groups in total. The number of rotatable bonds is 4. The number of amides is 1. The molecular weight excluding hydrogens is 308 g/mol. The van der Waals surface area contributed by atoms with Gasteiger partial charge in [0.1, 0.15) is 12.6 Å². The van der Waals surface area contributed by atoms with E-state index in [0.717, 1.165) is 18.4 Å². The van der Waals surface area contributed by atoms with Crippen LogP contribution in [0.5, 0.6) is 0 Å². The fraction of sp³-hybridized carbons (Fsp3) is 0.556. The molecule has 3 rings (SSSR count). The van der Waals surface area contributed by atoms with Crippen molar-refractivity contribution in [2.75, 3.05) is 13.2 Å². The minimum absolute atomic E-state index is 0.0267. The molecule has 6 nitrogen and oxygen atoms in total. The van der Waals surface area contributed by atoms with Crippen LogP contribution in [-0.2, 0) is 20.9 Å². The molecule has 2 aliphatic rings. The molecule has 2 fully saturated rings. The number of benzene rings is 1. The number of fused-ring (bicyclic) bond motifs is 1. The lowest BCUT2D eigenvalue weighted by Gasteiger charge is -2.25. The Balaban J connectivity index is 1.69. The van der Waals surface area contributed by atoms with Gasteiger partial charge in [0.2, 0.25) is 0 Å². The molecule has 1 saturated heterocycles. The third-order valence-electron chi connectivity index (χ3n) is 5.05. The number of esters is 1. The van der Waals surface area contributed by atoms with E-state index in [1.807, 2.05) is 30.3 Å². The molecule has 1 aromatic carbocycles. The van der Waals surface area contributed by atoms with Crippen molar-refractivity contribution >= 4 is 12.1 Å². The van der Waals surface area contributed by atoms with Crippen LogP contribution in [-0.4, -0.2) is 42.2 Å². The first-order valence-electron chi connectivity index (χ1n) is 8.51. The molecule has 1 aliphatic heterocycles. The molecule has 1 heterocycles. The maximum atomic E-state index is 12.5. The molecule has 1 aromatic rings. The molecule has 6 heteroatoms. The topological polar surface area (TPSA) is 81.9 Å². The molecule has 130 valence electrons. The molecule has 1 amide bonds. The summed E-state index contributed by atoms with van der Waals surface area (Å²) in [6.45, 7) is 2.71. The fourth-order valence-corrected chi connectivity index (χ4v) is 3.89. The summed E-state index contributed by atoms with van der Waals surface area (Å²) in [6, 6.07) is 8.93. The Kier molecular flexibility index (Phi) is 5.04. The summed E-state index contributed by atoms with van der Waals surface area (Å²) in [7, 11) is 0. The van der Waals surface area contributed by atoms with Gasteiger partial charge in [-0.25, -0.2) is 9.59 Å². The van der Waals surface area contributed by atoms with E-state index >= 15 is 0 Å². The summed E-state index contributed by atoms with van der Waals surface area (Å²) in [5.74, 6) is -0.136. The lowest BCUT2D eigenvalue weighted by Crippen LogP contribution is -2.44. The standard InChI is InChI=1S/C18H24N2O4/c1-2-23-17(21)16-13-8-9-15(19)14(13)10-20(16)18(22)24-11-12-6-4-3-5-7-12/h3-7,13-16H,2,8-11,19H2,1H3/t13-,14+,15-,16-/m1/s1. The molecule has 1 saturated carbocycles. The first kappa shape index (κ1) is 16.8. The third-order valence-corrected chi connectivity index (χ3v) is 5.05. The highest BCUT2D eigenvalue weighted by Gasteiger charge is 2.53. The van der Waals surface area contributed by atoms with Gasteiger partial charge in [-0.2, -0.15) is 0 Å². The van der Waals surface area contributed by atoms with Crippen LogP contribution in [0, 0.1) is 11.8 Å². The van der Waals surface area contributed by atoms with Crippen molar-refractivity contribution in [2.45, 2.75) is 38.5 Å². The quantitative estimate of drug-likeness (QED) is 0.852. The highest BCUT2D eigenvalue weighted by molar-refractivity contribution is 5.82. The van der Waals surface area contributed by atoms with Gasteiger partial charge in [0.25, 0.3) is 0 Å². The van der Waals surface area contributed by atoms with E-state index in [-0.39, 0.29) is 30.5 Å². The van der Waals surface area contributed by atoms with Crippen LogP contribution >= 0.6 is 0 Å². The Bertz CT molecular complexity index is 592. The highest BCUT2D eigenvalue weighted by Crippen LogP contribution is 2.42. The van der Waals surface area contributed by atoms with E-state index in [2.05, 4.69) is 0 Å². The molecular formula is C18H24N2O4. The molecule has 4 atom stereocenters. The van der Waals surface area contributed by atoms with Gasteiger partial charge in [0.05, 0.1) is 6.61 Å². The fourth-order valence-electron chi connectivity index (χ4n) is 3.89. The van der Waals surface area contributed by atoms with Crippen LogP contribution in [0.15, 0.2) is 30.3 Å². The maximum absolute atomic E-state index is 12.5. The molecule has 0 spiro atoms. The number of nitrogens with zero attached hydrogens (tertiary/aromatic N) is 1. The SMILES string of the molecule is CCOC(=O)[C@H]1[C@@H]2CC[C@@H](N)[C@H]2CN1C(=O)OCc1ccccc1. The monoisotopic (exact) mass is 332 g/mol. The van der Waals surface area contributed by atoms with E-state index in [9.17, 15) is 9.59 Å². The van der Waals surface area contributed by atoms with Gasteiger partial charge in [-0.3, -0.25) is 4.90 Å². The maximum Gasteiger partial charge on any atom is 0.410 e. The van der Waals surface area contributed by atoms with E-state index in [0.29, 0.717) is 13.2 Å². The number of nitrogens with two attached hydrogens (primary N) is 1. The Labute approximate surface area is 141 Å². The van der Waals surface area contributed by atoms with Gasteiger partial charge in [-0.05, 0) is 37.2 Å². The minimum Gasteiger partial charge on any atom is -0.464 e. The van der Waals surface area contributed by atoms with Crippen LogP contribution in [0.4, 0.5) is 4.79 Å². The second-order valence-corrected chi connectivity index (χ2v) is 6.46. The summed E-state index contributed by atoms with van der Waals surface area (Å²) in [5.41, 5.74) is 7.06. The van der Waals surface area contributed by atoms with Crippen LogP contribution in [0.25, 0.3) is 0 Å². The molecule has 24 heavy (non-hydrogen) atoms. The largest absolute Gasteiger partial charge is 0.464 e. The molecule has 0 unspecified atom stereocenters. The number of likely N-dealkylation sites (tertiary alicyclic amines) is 1. The van der Waals surface area contributed by atoms with Crippen LogP contribution in [0.3, 0.4) is 0 Å². The molecule has 0 bridgehead atoms. The smallest absolute Gasteiger partial charge is 0.410 e. The van der Waals surface area contributed by atoms with Crippen molar-refractivity contribution in [1.82, 2.24) is 4.90 Å². The average Bonchev–Trinajstić information content (AvgIpc) is 3.14. The zero-order valence-corrected chi connectivity index (χ0v) is 13.9. The Hall–Kier alpha value is -2.08. The van der Waals surface area contributed by atoms with Crippen molar-refractivity contribution < 1.29 is 19.1 Å². The van der Waals surface area contributed by atoms with E-state index in [1.54, 1.807) is 6.92 Å². The zero-order chi connectivity index (χ0) is 17.1. The normalized spacial score (nSPS) is 28.5. The van der Waals surface area contributed by atoms with Crippen LogP contribution in [0.2, 0.25) is 0 Å². The van der Waals surface area contributed by atoms with Crippen molar-refractivity contribution in [3.63, 3.8) is 0 Å². The number of hydrogen-bond donors (Lipinski definition) is 1. The van der Waals surface area contributed by atoms with Gasteiger partial charge in [-0.15, -0.1) is 0 Å². The van der Waals surface area contributed by atoms with E-state index < -0.39 is 12.1 Å². The number of carbonyl (C=O) groups is 2. The summed E-state index contributed by atoms with van der Waals surface area (Å²) >= 11 is 0. The summed E-state index contributed by atoms with van der Waals surface area (Å²) in [6.07, 6.45) is 1.26. The van der Waals surface area contributed by atoms with E-state index in [4.69, 9.17) is 15.2 Å². The first-order chi connectivity index (χ1) is 11.6. The molecule has 0 aromatic heterocycles. The first-order valence-corrected chi connectivity index (χ1v) is 8.51. The summed E-state index contributed by atoms with van der Waals surface area (Å²) in [5, 5.41) is 0. The lowest BCUT2D eigenvalue weighted by atomic mass is 9.93. The minimum atomic E-state index is -0.577. The third kappa shape index (κ3) is 3.24. The van der Waals surface area contributed by atoms with Gasteiger partial charge >= 0.3 is 12.1 Å². The van der Waals surface area contributed by atoms with Crippen LogP contribution < -0.4 is 5.73 Å². The average molecular weight is 332 g/mol. The van der Waals surface area contributed by atoms with Gasteiger partial charge in [0, 0.05) is 12.6 Å². The predicted octanol–water partition coefficient (Wildman–Crippen LogP) is 1.92. The Morgan fingerprint density at radius 2 is 1.92 bits per heavy atom. The predicted molar refractivity (Wildman–Crippen MR) is 87.9 cm³/mol. The molecule has 0 radical (unpaired) electrons. The second-order valence-electron chi connectivity index (χ2n) is 6.46. The zero-order valence-electron chi connectivity index (χ0n) is 13.9. The van der Waals surface area contributed by atoms with Crippen molar-refractivity contribution in [3.05, 3.63) is 35.9 Å². The van der Waals surface area contributed by atoms with Crippen molar-refractivity contribution in [1.29, 1.82) is 0 Å². The number of ether oxygens (including phenoxy) is 2. The lowest BCUT2D eigenvalue weighted by molar-refractivity contribution is -0.149. The summed E-state index contributed by atoms with van der Waals surface area (Å²) < 4.78 is 10.6. The van der Waals surface area contributed by atoms with Crippen molar-refractivity contribution in [3.8, 4) is 0 Å². The molecule has 1 aliphatic carbocycles. The summed E-state index contributed by atoms with van der Waals surface area (Å²) in [4.78, 5) is 26.4. The van der Waals surface area contributed by atoms with Crippen molar-refractivity contribution in [2.24, 2.45) is 17.6 Å². The highest BCUT2D eigenvalue weighted by atomic mass is 16.6. The van der Waals surface area contributed by atoms with Gasteiger partial charge in [0.15, 0.2) is 0 Å². The van der Waals surface area contributed by atoms with Gasteiger partial charge < -0.3 is 15.2 Å².